The third kappa shape index (κ3) is 4.28. The molecule has 0 bridgehead atoms. The van der Waals surface area contributed by atoms with Crippen LogP contribution >= 0.6 is 0 Å². The first-order chi connectivity index (χ1) is 11.8. The number of hydrogen-bond acceptors (Lipinski definition) is 6. The number of hydrogen-bond donors (Lipinski definition) is 1. The van der Waals surface area contributed by atoms with Crippen molar-refractivity contribution in [1.29, 1.82) is 0 Å². The van der Waals surface area contributed by atoms with Crippen molar-refractivity contribution in [3.8, 4) is 0 Å². The molecule has 0 aliphatic carbocycles. The Bertz CT molecular complexity index is 867. The van der Waals surface area contributed by atoms with Crippen LogP contribution < -0.4 is 10.2 Å². The van der Waals surface area contributed by atoms with Gasteiger partial charge >= 0.3 is 0 Å². The fourth-order valence-electron chi connectivity index (χ4n) is 3.09. The van der Waals surface area contributed by atoms with Gasteiger partial charge in [0, 0.05) is 25.7 Å². The van der Waals surface area contributed by atoms with Gasteiger partial charge < -0.3 is 10.2 Å². The van der Waals surface area contributed by atoms with Crippen molar-refractivity contribution < 1.29 is 8.42 Å². The van der Waals surface area contributed by atoms with Gasteiger partial charge in [0.1, 0.15) is 17.5 Å². The zero-order valence-electron chi connectivity index (χ0n) is 14.9. The molecule has 1 unspecified atom stereocenters. The van der Waals surface area contributed by atoms with Crippen molar-refractivity contribution in [2.24, 2.45) is 0 Å². The van der Waals surface area contributed by atoms with Gasteiger partial charge in [-0.15, -0.1) is 0 Å². The summed E-state index contributed by atoms with van der Waals surface area (Å²) in [5, 5.41) is 3.35. The van der Waals surface area contributed by atoms with Crippen molar-refractivity contribution in [2.45, 2.75) is 32.9 Å². The molecular formula is C18H24N4O2S. The Hall–Kier alpha value is -2.15. The van der Waals surface area contributed by atoms with E-state index in [1.165, 1.54) is 11.1 Å². The molecule has 1 saturated heterocycles. The smallest absolute Gasteiger partial charge is 0.152 e. The zero-order valence-corrected chi connectivity index (χ0v) is 15.7. The summed E-state index contributed by atoms with van der Waals surface area (Å²) in [6, 6.07) is 10.1. The standard InChI is InChI=1S/C18H24N4O2S/c1-13-6-4-5-7-15(13)11-19-17-10-18(21-14(2)20-17)22(3)16-8-9-25(23,24)12-16/h4-7,10,16H,8-9,11-12H2,1-3H3,(H,19,20,21). The molecule has 1 atom stereocenters. The fourth-order valence-corrected chi connectivity index (χ4v) is 4.86. The lowest BCUT2D eigenvalue weighted by atomic mass is 10.1. The molecule has 3 rings (SSSR count). The van der Waals surface area contributed by atoms with Crippen molar-refractivity contribution >= 4 is 21.5 Å². The third-order valence-corrected chi connectivity index (χ3v) is 6.41. The molecule has 2 heterocycles. The molecule has 25 heavy (non-hydrogen) atoms. The van der Waals surface area contributed by atoms with E-state index < -0.39 is 9.84 Å². The van der Waals surface area contributed by atoms with Crippen LogP contribution in [0.5, 0.6) is 0 Å². The molecule has 6 nitrogen and oxygen atoms in total. The molecule has 134 valence electrons. The first-order valence-corrected chi connectivity index (χ1v) is 10.2. The highest BCUT2D eigenvalue weighted by atomic mass is 32.2. The quantitative estimate of drug-likeness (QED) is 0.882. The minimum Gasteiger partial charge on any atom is -0.366 e. The Morgan fingerprint density at radius 1 is 1.24 bits per heavy atom. The highest BCUT2D eigenvalue weighted by Gasteiger charge is 2.31. The third-order valence-electron chi connectivity index (χ3n) is 4.66. The summed E-state index contributed by atoms with van der Waals surface area (Å²) in [5.74, 6) is 2.61. The van der Waals surface area contributed by atoms with Gasteiger partial charge in [-0.3, -0.25) is 0 Å². The summed E-state index contributed by atoms with van der Waals surface area (Å²) in [6.07, 6.45) is 0.647. The van der Waals surface area contributed by atoms with Crippen molar-refractivity contribution in [3.05, 3.63) is 47.3 Å². The first-order valence-electron chi connectivity index (χ1n) is 8.41. The molecule has 0 amide bonds. The van der Waals surface area contributed by atoms with E-state index in [2.05, 4.69) is 34.3 Å². The molecule has 1 aromatic heterocycles. The summed E-state index contributed by atoms with van der Waals surface area (Å²) in [7, 11) is -1.02. The normalized spacial score (nSPS) is 18.9. The average Bonchev–Trinajstić information content (AvgIpc) is 2.93. The Morgan fingerprint density at radius 2 is 2.00 bits per heavy atom. The van der Waals surface area contributed by atoms with Crippen LogP contribution in [0.4, 0.5) is 11.6 Å². The van der Waals surface area contributed by atoms with E-state index >= 15 is 0 Å². The Kier molecular flexibility index (Phi) is 4.94. The van der Waals surface area contributed by atoms with E-state index in [-0.39, 0.29) is 17.5 Å². The van der Waals surface area contributed by atoms with Gasteiger partial charge in [-0.2, -0.15) is 0 Å². The van der Waals surface area contributed by atoms with E-state index in [1.54, 1.807) is 0 Å². The van der Waals surface area contributed by atoms with Gasteiger partial charge in [-0.25, -0.2) is 18.4 Å². The fraction of sp³-hybridized carbons (Fsp3) is 0.444. The van der Waals surface area contributed by atoms with E-state index in [9.17, 15) is 8.42 Å². The summed E-state index contributed by atoms with van der Waals surface area (Å²) >= 11 is 0. The van der Waals surface area contributed by atoms with E-state index in [0.29, 0.717) is 18.8 Å². The van der Waals surface area contributed by atoms with Crippen molar-refractivity contribution in [1.82, 2.24) is 9.97 Å². The second-order valence-electron chi connectivity index (χ2n) is 6.61. The number of nitrogens with zero attached hydrogens (tertiary/aromatic N) is 3. The maximum Gasteiger partial charge on any atom is 0.152 e. The Labute approximate surface area is 149 Å². The van der Waals surface area contributed by atoms with E-state index in [4.69, 9.17) is 0 Å². The van der Waals surface area contributed by atoms with Crippen LogP contribution in [0.2, 0.25) is 0 Å². The van der Waals surface area contributed by atoms with Crippen LogP contribution in [0, 0.1) is 13.8 Å². The van der Waals surface area contributed by atoms with Crippen LogP contribution in [0.1, 0.15) is 23.4 Å². The highest BCUT2D eigenvalue weighted by molar-refractivity contribution is 7.91. The molecule has 7 heteroatoms. The van der Waals surface area contributed by atoms with Crippen molar-refractivity contribution in [2.75, 3.05) is 28.8 Å². The largest absolute Gasteiger partial charge is 0.366 e. The molecule has 0 radical (unpaired) electrons. The van der Waals surface area contributed by atoms with E-state index in [0.717, 1.165) is 11.6 Å². The average molecular weight is 360 g/mol. The van der Waals surface area contributed by atoms with Crippen LogP contribution in [0.25, 0.3) is 0 Å². The minimum absolute atomic E-state index is 0.0245. The first kappa shape index (κ1) is 17.7. The van der Waals surface area contributed by atoms with Crippen LogP contribution in [-0.4, -0.2) is 43.0 Å². The lowest BCUT2D eigenvalue weighted by Gasteiger charge is -2.25. The molecule has 0 saturated carbocycles. The lowest BCUT2D eigenvalue weighted by molar-refractivity contribution is 0.600. The maximum absolute atomic E-state index is 11.7. The highest BCUT2D eigenvalue weighted by Crippen LogP contribution is 2.23. The molecule has 1 aliphatic heterocycles. The number of aryl methyl sites for hydroxylation is 2. The zero-order chi connectivity index (χ0) is 18.0. The van der Waals surface area contributed by atoms with Crippen molar-refractivity contribution in [3.63, 3.8) is 0 Å². The second kappa shape index (κ2) is 7.00. The monoisotopic (exact) mass is 360 g/mol. The second-order valence-corrected chi connectivity index (χ2v) is 8.84. The molecule has 1 N–H and O–H groups in total. The summed E-state index contributed by atoms with van der Waals surface area (Å²) < 4.78 is 23.5. The predicted octanol–water partition coefficient (Wildman–Crippen LogP) is 2.33. The molecule has 1 aromatic carbocycles. The van der Waals surface area contributed by atoms with Crippen LogP contribution in [-0.2, 0) is 16.4 Å². The molecule has 1 aliphatic rings. The summed E-state index contributed by atoms with van der Waals surface area (Å²) in [4.78, 5) is 10.9. The van der Waals surface area contributed by atoms with Gasteiger partial charge in [0.2, 0.25) is 0 Å². The van der Waals surface area contributed by atoms with Gasteiger partial charge in [0.05, 0.1) is 11.5 Å². The Morgan fingerprint density at radius 3 is 2.68 bits per heavy atom. The number of nitrogens with one attached hydrogen (secondary N) is 1. The SMILES string of the molecule is Cc1nc(NCc2ccccc2C)cc(N(C)C2CCS(=O)(=O)C2)n1. The van der Waals surface area contributed by atoms with E-state index in [1.807, 2.05) is 37.1 Å². The topological polar surface area (TPSA) is 75.2 Å². The lowest BCUT2D eigenvalue weighted by Crippen LogP contribution is -2.33. The number of anilines is 2. The van der Waals surface area contributed by atoms with Gasteiger partial charge in [-0.1, -0.05) is 24.3 Å². The molecule has 0 spiro atoms. The van der Waals surface area contributed by atoms with Crippen LogP contribution in [0.3, 0.4) is 0 Å². The number of rotatable bonds is 5. The van der Waals surface area contributed by atoms with Gasteiger partial charge in [0.15, 0.2) is 9.84 Å². The minimum atomic E-state index is -2.92. The number of aromatic nitrogens is 2. The van der Waals surface area contributed by atoms with Gasteiger partial charge in [-0.05, 0) is 31.4 Å². The molecular weight excluding hydrogens is 336 g/mol. The molecule has 2 aromatic rings. The molecule has 1 fully saturated rings. The summed E-state index contributed by atoms with van der Waals surface area (Å²) in [6.45, 7) is 4.62. The van der Waals surface area contributed by atoms with Gasteiger partial charge in [0.25, 0.3) is 0 Å². The summed E-state index contributed by atoms with van der Waals surface area (Å²) in [5.41, 5.74) is 2.45. The number of sulfone groups is 1. The van der Waals surface area contributed by atoms with Crippen LogP contribution in [0.15, 0.2) is 30.3 Å². The maximum atomic E-state index is 11.7. The number of benzene rings is 1. The predicted molar refractivity (Wildman–Crippen MR) is 101 cm³/mol. The Balaban J connectivity index is 1.75.